The van der Waals surface area contributed by atoms with E-state index in [0.29, 0.717) is 10.9 Å². The Kier molecular flexibility index (Phi) is 4.95. The van der Waals surface area contributed by atoms with Crippen molar-refractivity contribution in [2.24, 2.45) is 0 Å². The van der Waals surface area contributed by atoms with Crippen LogP contribution in [0.4, 0.5) is 13.2 Å². The second-order valence-corrected chi connectivity index (χ2v) is 3.94. The maximum absolute atomic E-state index is 12.4. The van der Waals surface area contributed by atoms with Crippen LogP contribution in [-0.4, -0.2) is 19.3 Å². The number of benzene rings is 1. The summed E-state index contributed by atoms with van der Waals surface area (Å²) in [6.07, 6.45) is -4.62. The molecule has 1 aromatic carbocycles. The van der Waals surface area contributed by atoms with Crippen molar-refractivity contribution in [3.8, 4) is 0 Å². The number of halogens is 4. The van der Waals surface area contributed by atoms with E-state index in [4.69, 9.17) is 0 Å². The third-order valence-corrected chi connectivity index (χ3v) is 2.77. The molecule has 18 heavy (non-hydrogen) atoms. The summed E-state index contributed by atoms with van der Waals surface area (Å²) >= 11 is 3.17. The fraction of sp³-hybridized carbons (Fsp3) is 0.250. The highest BCUT2D eigenvalue weighted by Gasteiger charge is 2.28. The molecule has 1 aromatic rings. The topological polar surface area (TPSA) is 26.3 Å². The number of hydrogen-bond donors (Lipinski definition) is 0. The minimum atomic E-state index is -4.58. The number of esters is 1. The average Bonchev–Trinajstić information content (AvgIpc) is 2.34. The van der Waals surface area contributed by atoms with Crippen LogP contribution in [0, 0.1) is 0 Å². The molecule has 0 heterocycles. The lowest BCUT2D eigenvalue weighted by molar-refractivity contribution is -0.134. The van der Waals surface area contributed by atoms with Crippen LogP contribution >= 0.6 is 15.9 Å². The average molecular weight is 323 g/mol. The third-order valence-electron chi connectivity index (χ3n) is 2.16. The number of allylic oxidation sites excluding steroid dienone is 1. The van der Waals surface area contributed by atoms with E-state index >= 15 is 0 Å². The van der Waals surface area contributed by atoms with Gasteiger partial charge in [0.1, 0.15) is 0 Å². The molecule has 1 rings (SSSR count). The zero-order chi connectivity index (χ0) is 13.8. The highest BCUT2D eigenvalue weighted by Crippen LogP contribution is 2.28. The van der Waals surface area contributed by atoms with Crippen LogP contribution in [0.3, 0.4) is 0 Å². The second-order valence-electron chi connectivity index (χ2n) is 3.38. The van der Waals surface area contributed by atoms with Crippen LogP contribution < -0.4 is 0 Å². The highest BCUT2D eigenvalue weighted by atomic mass is 79.9. The lowest BCUT2D eigenvalue weighted by Gasteiger charge is -2.11. The fourth-order valence-electron chi connectivity index (χ4n) is 1.42. The Morgan fingerprint density at radius 3 is 2.50 bits per heavy atom. The molecule has 0 bridgehead atoms. The van der Waals surface area contributed by atoms with E-state index in [2.05, 4.69) is 20.7 Å². The number of carbonyl (C=O) groups excluding carboxylic acids is 1. The third kappa shape index (κ3) is 3.87. The number of rotatable bonds is 3. The lowest BCUT2D eigenvalue weighted by atomic mass is 10.0. The molecule has 0 spiro atoms. The molecule has 0 amide bonds. The molecule has 0 fully saturated rings. The van der Waals surface area contributed by atoms with Crippen molar-refractivity contribution in [2.45, 2.75) is 11.5 Å². The van der Waals surface area contributed by atoms with Gasteiger partial charge in [-0.1, -0.05) is 40.2 Å². The van der Waals surface area contributed by atoms with Crippen molar-refractivity contribution in [2.75, 3.05) is 7.11 Å². The Bertz CT molecular complexity index is 467. The van der Waals surface area contributed by atoms with Gasteiger partial charge < -0.3 is 4.74 Å². The molecule has 98 valence electrons. The van der Waals surface area contributed by atoms with Gasteiger partial charge in [-0.2, -0.15) is 13.2 Å². The van der Waals surface area contributed by atoms with Gasteiger partial charge >= 0.3 is 12.1 Å². The summed E-state index contributed by atoms with van der Waals surface area (Å²) in [6, 6.07) is 6.33. The van der Waals surface area contributed by atoms with Gasteiger partial charge in [0.05, 0.1) is 12.7 Å². The van der Waals surface area contributed by atoms with Crippen molar-refractivity contribution >= 4 is 27.5 Å². The first kappa shape index (κ1) is 14.8. The Labute approximate surface area is 111 Å². The predicted octanol–water partition coefficient (Wildman–Crippen LogP) is 3.70. The molecule has 0 unspecified atom stereocenters. The Balaban J connectivity index is 3.36. The van der Waals surface area contributed by atoms with Gasteiger partial charge in [-0.3, -0.25) is 0 Å². The largest absolute Gasteiger partial charge is 0.465 e. The van der Waals surface area contributed by atoms with Crippen LogP contribution in [0.2, 0.25) is 0 Å². The Morgan fingerprint density at radius 1 is 1.39 bits per heavy atom. The van der Waals surface area contributed by atoms with Crippen molar-refractivity contribution in [1.82, 2.24) is 0 Å². The van der Waals surface area contributed by atoms with E-state index in [1.807, 2.05) is 0 Å². The van der Waals surface area contributed by atoms with Gasteiger partial charge in [-0.15, -0.1) is 0 Å². The van der Waals surface area contributed by atoms with Gasteiger partial charge in [0.15, 0.2) is 0 Å². The highest BCUT2D eigenvalue weighted by molar-refractivity contribution is 9.08. The maximum Gasteiger partial charge on any atom is 0.410 e. The van der Waals surface area contributed by atoms with Crippen LogP contribution in [-0.2, 0) is 14.9 Å². The summed E-state index contributed by atoms with van der Waals surface area (Å²) in [7, 11) is 1.04. The maximum atomic E-state index is 12.4. The van der Waals surface area contributed by atoms with Gasteiger partial charge in [-0.25, -0.2) is 4.79 Å². The molecule has 0 radical (unpaired) electrons. The molecule has 0 atom stereocenters. The number of alkyl halides is 4. The second kappa shape index (κ2) is 6.04. The van der Waals surface area contributed by atoms with E-state index in [1.54, 1.807) is 18.2 Å². The van der Waals surface area contributed by atoms with Crippen LogP contribution in [0.5, 0.6) is 0 Å². The van der Waals surface area contributed by atoms with E-state index in [0.717, 1.165) is 7.11 Å². The monoisotopic (exact) mass is 322 g/mol. The standard InChI is InChI=1S/C12H10BrF3O2/c1-18-11(17)10(6-12(14,15)16)9-5-3-2-4-8(9)7-13/h2-6H,7H2,1H3/b10-6+. The minimum absolute atomic E-state index is 0.0413. The molecular formula is C12H10BrF3O2. The summed E-state index contributed by atoms with van der Waals surface area (Å²) in [5.41, 5.74) is 0.289. The molecule has 0 aromatic heterocycles. The van der Waals surface area contributed by atoms with E-state index in [9.17, 15) is 18.0 Å². The summed E-state index contributed by atoms with van der Waals surface area (Å²) in [5.74, 6) is -1.01. The predicted molar refractivity (Wildman–Crippen MR) is 65.1 cm³/mol. The molecule has 0 saturated carbocycles. The molecule has 0 N–H and O–H groups in total. The van der Waals surface area contributed by atoms with Crippen molar-refractivity contribution < 1.29 is 22.7 Å². The zero-order valence-corrected chi connectivity index (χ0v) is 11.0. The zero-order valence-electron chi connectivity index (χ0n) is 9.42. The van der Waals surface area contributed by atoms with E-state index in [1.165, 1.54) is 6.07 Å². The Hall–Kier alpha value is -1.30. The molecule has 0 aliphatic rings. The van der Waals surface area contributed by atoms with Gasteiger partial charge in [-0.05, 0) is 11.1 Å². The summed E-state index contributed by atoms with van der Waals surface area (Å²) in [6.45, 7) is 0. The number of methoxy groups -OCH3 is 1. The normalized spacial score (nSPS) is 12.4. The first-order valence-corrected chi connectivity index (χ1v) is 6.03. The van der Waals surface area contributed by atoms with Gasteiger partial charge in [0.2, 0.25) is 0 Å². The quantitative estimate of drug-likeness (QED) is 0.482. The van der Waals surface area contributed by atoms with Crippen LogP contribution in [0.25, 0.3) is 5.57 Å². The smallest absolute Gasteiger partial charge is 0.410 e. The van der Waals surface area contributed by atoms with Gasteiger partial charge in [0.25, 0.3) is 0 Å². The van der Waals surface area contributed by atoms with Crippen molar-refractivity contribution in [3.63, 3.8) is 0 Å². The van der Waals surface area contributed by atoms with E-state index < -0.39 is 17.7 Å². The molecule has 0 aliphatic heterocycles. The van der Waals surface area contributed by atoms with Gasteiger partial charge in [0, 0.05) is 11.4 Å². The van der Waals surface area contributed by atoms with Crippen molar-refractivity contribution in [3.05, 3.63) is 41.5 Å². The number of ether oxygens (including phenoxy) is 1. The summed E-state index contributed by atoms with van der Waals surface area (Å²) in [5, 5.41) is 0.343. The number of hydrogen-bond acceptors (Lipinski definition) is 2. The molecule has 2 nitrogen and oxygen atoms in total. The molecule has 0 aliphatic carbocycles. The van der Waals surface area contributed by atoms with Crippen molar-refractivity contribution in [1.29, 1.82) is 0 Å². The minimum Gasteiger partial charge on any atom is -0.465 e. The molecule has 0 saturated heterocycles. The van der Waals surface area contributed by atoms with E-state index in [-0.39, 0.29) is 11.6 Å². The van der Waals surface area contributed by atoms with Crippen LogP contribution in [0.1, 0.15) is 11.1 Å². The molecular weight excluding hydrogens is 313 g/mol. The fourth-order valence-corrected chi connectivity index (χ4v) is 1.91. The molecule has 6 heteroatoms. The number of carbonyl (C=O) groups is 1. The summed E-state index contributed by atoms with van der Waals surface area (Å²) < 4.78 is 41.7. The SMILES string of the molecule is COC(=O)/C(=C/C(F)(F)F)c1ccccc1CBr. The van der Waals surface area contributed by atoms with Crippen LogP contribution in [0.15, 0.2) is 30.3 Å². The summed E-state index contributed by atoms with van der Waals surface area (Å²) in [4.78, 5) is 11.5. The Morgan fingerprint density at radius 2 is 2.00 bits per heavy atom. The first-order valence-electron chi connectivity index (χ1n) is 4.91. The lowest BCUT2D eigenvalue weighted by Crippen LogP contribution is -2.11. The first-order chi connectivity index (χ1) is 8.39.